The zero-order chi connectivity index (χ0) is 17.5. The second-order valence-electron chi connectivity index (χ2n) is 7.16. The van der Waals surface area contributed by atoms with E-state index in [9.17, 15) is 4.79 Å². The van der Waals surface area contributed by atoms with Crippen molar-refractivity contribution in [1.82, 2.24) is 25.1 Å². The van der Waals surface area contributed by atoms with E-state index in [1.165, 1.54) is 12.8 Å². The molecule has 2 aliphatic heterocycles. The average molecular weight is 346 g/mol. The van der Waals surface area contributed by atoms with E-state index >= 15 is 0 Å². The molecule has 2 fully saturated rings. The highest BCUT2D eigenvalue weighted by molar-refractivity contribution is 5.74. The SMILES string of the molecule is CC1CCCN(CCNC(=O)N2CCCN(c3ncccn3)CC2)C1. The van der Waals surface area contributed by atoms with Crippen molar-refractivity contribution in [2.75, 3.05) is 57.3 Å². The number of likely N-dealkylation sites (tertiary alicyclic amines) is 1. The quantitative estimate of drug-likeness (QED) is 0.893. The summed E-state index contributed by atoms with van der Waals surface area (Å²) in [5, 5.41) is 3.09. The molecule has 3 heterocycles. The number of nitrogens with one attached hydrogen (secondary N) is 1. The van der Waals surface area contributed by atoms with E-state index in [4.69, 9.17) is 0 Å². The molecule has 1 unspecified atom stereocenters. The molecule has 0 saturated carbocycles. The summed E-state index contributed by atoms with van der Waals surface area (Å²) in [6, 6.07) is 1.88. The minimum absolute atomic E-state index is 0.0564. The summed E-state index contributed by atoms with van der Waals surface area (Å²) in [6.07, 6.45) is 7.07. The molecule has 0 aliphatic carbocycles. The average Bonchev–Trinajstić information content (AvgIpc) is 2.89. The third kappa shape index (κ3) is 5.29. The van der Waals surface area contributed by atoms with Crippen molar-refractivity contribution in [3.8, 4) is 0 Å². The molecule has 0 aromatic carbocycles. The molecule has 1 atom stereocenters. The van der Waals surface area contributed by atoms with Crippen LogP contribution in [0.4, 0.5) is 10.7 Å². The Morgan fingerprint density at radius 2 is 2.00 bits per heavy atom. The number of urea groups is 1. The maximum atomic E-state index is 12.4. The van der Waals surface area contributed by atoms with Crippen LogP contribution >= 0.6 is 0 Å². The highest BCUT2D eigenvalue weighted by Crippen LogP contribution is 2.14. The molecule has 1 N–H and O–H groups in total. The molecule has 25 heavy (non-hydrogen) atoms. The van der Waals surface area contributed by atoms with Gasteiger partial charge in [-0.1, -0.05) is 6.92 Å². The van der Waals surface area contributed by atoms with Gasteiger partial charge in [0.05, 0.1) is 0 Å². The van der Waals surface area contributed by atoms with Crippen LogP contribution in [-0.2, 0) is 0 Å². The summed E-state index contributed by atoms with van der Waals surface area (Å²) in [4.78, 5) is 27.6. The summed E-state index contributed by atoms with van der Waals surface area (Å²) in [6.45, 7) is 9.48. The van der Waals surface area contributed by atoms with Gasteiger partial charge in [0.25, 0.3) is 0 Å². The number of anilines is 1. The molecule has 3 rings (SSSR count). The molecular weight excluding hydrogens is 316 g/mol. The topological polar surface area (TPSA) is 64.6 Å². The number of amides is 2. The summed E-state index contributed by atoms with van der Waals surface area (Å²) < 4.78 is 0. The van der Waals surface area contributed by atoms with Gasteiger partial charge in [-0.05, 0) is 37.8 Å². The number of carbonyl (C=O) groups is 1. The Morgan fingerprint density at radius 1 is 1.16 bits per heavy atom. The molecule has 7 nitrogen and oxygen atoms in total. The lowest BCUT2D eigenvalue weighted by Crippen LogP contribution is -2.45. The van der Waals surface area contributed by atoms with E-state index < -0.39 is 0 Å². The van der Waals surface area contributed by atoms with Crippen LogP contribution in [0, 0.1) is 5.92 Å². The molecule has 0 bridgehead atoms. The van der Waals surface area contributed by atoms with E-state index in [1.54, 1.807) is 12.4 Å². The third-order valence-corrected chi connectivity index (χ3v) is 5.06. The Labute approximate surface area is 150 Å². The number of aromatic nitrogens is 2. The van der Waals surface area contributed by atoms with Crippen molar-refractivity contribution in [1.29, 1.82) is 0 Å². The molecule has 2 aliphatic rings. The zero-order valence-corrected chi connectivity index (χ0v) is 15.2. The zero-order valence-electron chi connectivity index (χ0n) is 15.2. The van der Waals surface area contributed by atoms with Crippen molar-refractivity contribution in [3.63, 3.8) is 0 Å². The predicted octanol–water partition coefficient (Wildman–Crippen LogP) is 1.43. The minimum Gasteiger partial charge on any atom is -0.339 e. The van der Waals surface area contributed by atoms with Crippen molar-refractivity contribution in [2.24, 2.45) is 5.92 Å². The van der Waals surface area contributed by atoms with Gasteiger partial charge in [-0.15, -0.1) is 0 Å². The molecule has 138 valence electrons. The fourth-order valence-electron chi connectivity index (χ4n) is 3.70. The first-order valence-electron chi connectivity index (χ1n) is 9.49. The molecule has 0 radical (unpaired) electrons. The van der Waals surface area contributed by atoms with Crippen LogP contribution < -0.4 is 10.2 Å². The van der Waals surface area contributed by atoms with Gasteiger partial charge in [0.2, 0.25) is 5.95 Å². The monoisotopic (exact) mass is 346 g/mol. The summed E-state index contributed by atoms with van der Waals surface area (Å²) >= 11 is 0. The maximum Gasteiger partial charge on any atom is 0.317 e. The van der Waals surface area contributed by atoms with E-state index in [-0.39, 0.29) is 6.03 Å². The highest BCUT2D eigenvalue weighted by atomic mass is 16.2. The van der Waals surface area contributed by atoms with Gasteiger partial charge in [-0.25, -0.2) is 14.8 Å². The molecule has 0 spiro atoms. The lowest BCUT2D eigenvalue weighted by molar-refractivity contribution is 0.177. The number of carbonyl (C=O) groups excluding carboxylic acids is 1. The van der Waals surface area contributed by atoms with Gasteiger partial charge in [0.15, 0.2) is 0 Å². The molecule has 1 aromatic heterocycles. The molecular formula is C18H30N6O. The van der Waals surface area contributed by atoms with Crippen molar-refractivity contribution < 1.29 is 4.79 Å². The predicted molar refractivity (Wildman–Crippen MR) is 98.7 cm³/mol. The minimum atomic E-state index is 0.0564. The standard InChI is InChI=1S/C18H30N6O/c1-16-5-2-9-22(15-16)12-8-21-18(25)24-11-4-10-23(13-14-24)17-19-6-3-7-20-17/h3,6-7,16H,2,4-5,8-15H2,1H3,(H,21,25). The van der Waals surface area contributed by atoms with Gasteiger partial charge in [0, 0.05) is 58.2 Å². The van der Waals surface area contributed by atoms with E-state index in [2.05, 4.69) is 32.0 Å². The number of hydrogen-bond donors (Lipinski definition) is 1. The third-order valence-electron chi connectivity index (χ3n) is 5.06. The van der Waals surface area contributed by atoms with Crippen LogP contribution in [0.15, 0.2) is 18.5 Å². The van der Waals surface area contributed by atoms with Crippen LogP contribution in [-0.4, -0.2) is 78.2 Å². The lowest BCUT2D eigenvalue weighted by atomic mass is 10.0. The van der Waals surface area contributed by atoms with Crippen LogP contribution in [0.3, 0.4) is 0 Å². The summed E-state index contributed by atoms with van der Waals surface area (Å²) in [5.74, 6) is 1.53. The van der Waals surface area contributed by atoms with Crippen LogP contribution in [0.2, 0.25) is 0 Å². The van der Waals surface area contributed by atoms with Gasteiger partial charge in [0.1, 0.15) is 0 Å². The first kappa shape index (κ1) is 17.9. The Bertz CT molecular complexity index is 540. The summed E-state index contributed by atoms with van der Waals surface area (Å²) in [5.41, 5.74) is 0. The second-order valence-corrected chi connectivity index (χ2v) is 7.16. The molecule has 7 heteroatoms. The Hall–Kier alpha value is -1.89. The second kappa shape index (κ2) is 8.99. The highest BCUT2D eigenvalue weighted by Gasteiger charge is 2.21. The number of piperidine rings is 1. The van der Waals surface area contributed by atoms with E-state index in [0.29, 0.717) is 6.54 Å². The van der Waals surface area contributed by atoms with E-state index in [0.717, 1.165) is 64.1 Å². The van der Waals surface area contributed by atoms with Gasteiger partial charge >= 0.3 is 6.03 Å². The van der Waals surface area contributed by atoms with Crippen molar-refractivity contribution in [2.45, 2.75) is 26.2 Å². The molecule has 2 amide bonds. The van der Waals surface area contributed by atoms with Crippen LogP contribution in [0.25, 0.3) is 0 Å². The largest absolute Gasteiger partial charge is 0.339 e. The van der Waals surface area contributed by atoms with Crippen LogP contribution in [0.1, 0.15) is 26.2 Å². The Morgan fingerprint density at radius 3 is 2.80 bits per heavy atom. The summed E-state index contributed by atoms with van der Waals surface area (Å²) in [7, 11) is 0. The van der Waals surface area contributed by atoms with Gasteiger partial charge < -0.3 is 20.0 Å². The molecule has 2 saturated heterocycles. The first-order valence-corrected chi connectivity index (χ1v) is 9.49. The number of hydrogen-bond acceptors (Lipinski definition) is 5. The molecule has 1 aromatic rings. The fourth-order valence-corrected chi connectivity index (χ4v) is 3.70. The van der Waals surface area contributed by atoms with Crippen molar-refractivity contribution in [3.05, 3.63) is 18.5 Å². The van der Waals surface area contributed by atoms with Crippen molar-refractivity contribution >= 4 is 12.0 Å². The lowest BCUT2D eigenvalue weighted by Gasteiger charge is -2.31. The number of rotatable bonds is 4. The van der Waals surface area contributed by atoms with Gasteiger partial charge in [-0.3, -0.25) is 0 Å². The van der Waals surface area contributed by atoms with E-state index in [1.807, 2.05) is 11.0 Å². The fraction of sp³-hybridized carbons (Fsp3) is 0.722. The Kier molecular flexibility index (Phi) is 6.44. The Balaban J connectivity index is 1.40. The van der Waals surface area contributed by atoms with Crippen LogP contribution in [0.5, 0.6) is 0 Å². The van der Waals surface area contributed by atoms with Gasteiger partial charge in [-0.2, -0.15) is 0 Å². The maximum absolute atomic E-state index is 12.4. The number of nitrogens with zero attached hydrogens (tertiary/aromatic N) is 5. The smallest absolute Gasteiger partial charge is 0.317 e. The normalized spacial score (nSPS) is 22.5. The first-order chi connectivity index (χ1) is 12.2.